The molecule has 0 bridgehead atoms. The molecule has 19 heavy (non-hydrogen) atoms. The molecule has 3 nitrogen and oxygen atoms in total. The van der Waals surface area contributed by atoms with E-state index in [1.54, 1.807) is 6.07 Å². The Balaban J connectivity index is 0.00000324. The predicted octanol–water partition coefficient (Wildman–Crippen LogP) is 3.19. The SMILES string of the molecule is COc1ccc([C@H](O)C[C@@H](N)C(F)(F)F)cc1Br.Cl. The van der Waals surface area contributed by atoms with E-state index in [1.807, 2.05) is 0 Å². The van der Waals surface area contributed by atoms with E-state index in [1.165, 1.54) is 19.2 Å². The monoisotopic (exact) mass is 363 g/mol. The van der Waals surface area contributed by atoms with Gasteiger partial charge in [0.15, 0.2) is 0 Å². The van der Waals surface area contributed by atoms with Crippen LogP contribution < -0.4 is 10.5 Å². The van der Waals surface area contributed by atoms with Crippen LogP contribution in [0.5, 0.6) is 5.75 Å². The fourth-order valence-electron chi connectivity index (χ4n) is 1.40. The van der Waals surface area contributed by atoms with E-state index in [2.05, 4.69) is 15.9 Å². The summed E-state index contributed by atoms with van der Waals surface area (Å²) in [5, 5.41) is 9.70. The Hall–Kier alpha value is -0.500. The van der Waals surface area contributed by atoms with E-state index in [0.29, 0.717) is 15.8 Å². The molecule has 0 aliphatic heterocycles. The number of alkyl halides is 3. The molecule has 0 fully saturated rings. The molecule has 0 aliphatic rings. The van der Waals surface area contributed by atoms with Crippen LogP contribution in [0.3, 0.4) is 0 Å². The summed E-state index contributed by atoms with van der Waals surface area (Å²) >= 11 is 3.19. The zero-order valence-corrected chi connectivity index (χ0v) is 12.3. The van der Waals surface area contributed by atoms with Crippen LogP contribution in [-0.2, 0) is 0 Å². The molecule has 0 aliphatic carbocycles. The van der Waals surface area contributed by atoms with Crippen LogP contribution in [0.4, 0.5) is 13.2 Å². The molecule has 8 heteroatoms. The highest BCUT2D eigenvalue weighted by atomic mass is 79.9. The standard InChI is InChI=1S/C11H13BrF3NO2.ClH/c1-18-9-3-2-6(4-7(9)12)8(17)5-10(16)11(13,14)15;/h2-4,8,10,17H,5,16H2,1H3;1H/t8-,10-;/m1./s1. The molecular formula is C11H14BrClF3NO2. The zero-order valence-electron chi connectivity index (χ0n) is 9.95. The Kier molecular flexibility index (Phi) is 7.13. The van der Waals surface area contributed by atoms with Crippen LogP contribution >= 0.6 is 28.3 Å². The molecule has 0 saturated carbocycles. The Morgan fingerprint density at radius 2 is 2.00 bits per heavy atom. The Bertz CT molecular complexity index is 417. The first-order valence-electron chi connectivity index (χ1n) is 5.09. The third kappa shape index (κ3) is 5.18. The molecule has 1 aromatic carbocycles. The first kappa shape index (κ1) is 18.5. The summed E-state index contributed by atoms with van der Waals surface area (Å²) in [4.78, 5) is 0. The van der Waals surface area contributed by atoms with Crippen molar-refractivity contribution >= 4 is 28.3 Å². The van der Waals surface area contributed by atoms with Crippen molar-refractivity contribution in [3.05, 3.63) is 28.2 Å². The van der Waals surface area contributed by atoms with Gasteiger partial charge in [-0.05, 0) is 33.6 Å². The summed E-state index contributed by atoms with van der Waals surface area (Å²) in [5.74, 6) is 0.533. The van der Waals surface area contributed by atoms with Gasteiger partial charge in [-0.1, -0.05) is 6.07 Å². The van der Waals surface area contributed by atoms with E-state index in [-0.39, 0.29) is 12.4 Å². The number of nitrogens with two attached hydrogens (primary N) is 1. The number of hydrogen-bond acceptors (Lipinski definition) is 3. The number of rotatable bonds is 4. The van der Waals surface area contributed by atoms with Gasteiger partial charge < -0.3 is 15.6 Å². The zero-order chi connectivity index (χ0) is 13.9. The van der Waals surface area contributed by atoms with Gasteiger partial charge in [0.25, 0.3) is 0 Å². The van der Waals surface area contributed by atoms with Crippen LogP contribution in [-0.4, -0.2) is 24.4 Å². The summed E-state index contributed by atoms with van der Waals surface area (Å²) in [6.45, 7) is 0. The molecular weight excluding hydrogens is 350 g/mol. The van der Waals surface area contributed by atoms with Gasteiger partial charge >= 0.3 is 6.18 Å². The maximum absolute atomic E-state index is 12.3. The molecule has 1 aromatic rings. The van der Waals surface area contributed by atoms with Gasteiger partial charge in [0.2, 0.25) is 0 Å². The molecule has 0 spiro atoms. The van der Waals surface area contributed by atoms with Gasteiger partial charge in [0.1, 0.15) is 11.8 Å². The molecule has 1 rings (SSSR count). The first-order valence-corrected chi connectivity index (χ1v) is 5.88. The van der Waals surface area contributed by atoms with Crippen molar-refractivity contribution < 1.29 is 23.0 Å². The number of aliphatic hydroxyl groups is 1. The molecule has 0 aromatic heterocycles. The summed E-state index contributed by atoms with van der Waals surface area (Å²) in [6, 6.07) is 2.51. The van der Waals surface area contributed by atoms with Crippen molar-refractivity contribution in [2.24, 2.45) is 5.73 Å². The number of methoxy groups -OCH3 is 1. The van der Waals surface area contributed by atoms with Gasteiger partial charge in [-0.25, -0.2) is 0 Å². The van der Waals surface area contributed by atoms with E-state index in [9.17, 15) is 18.3 Å². The lowest BCUT2D eigenvalue weighted by atomic mass is 10.0. The summed E-state index contributed by atoms with van der Waals surface area (Å²) in [5.41, 5.74) is 5.31. The summed E-state index contributed by atoms with van der Waals surface area (Å²) < 4.78 is 42.3. The molecule has 0 radical (unpaired) electrons. The van der Waals surface area contributed by atoms with Gasteiger partial charge in [-0.2, -0.15) is 13.2 Å². The number of hydrogen-bond donors (Lipinski definition) is 2. The second-order valence-electron chi connectivity index (χ2n) is 3.79. The maximum Gasteiger partial charge on any atom is 0.403 e. The van der Waals surface area contributed by atoms with Crippen LogP contribution in [0.2, 0.25) is 0 Å². The smallest absolute Gasteiger partial charge is 0.403 e. The molecule has 110 valence electrons. The average molecular weight is 365 g/mol. The lowest BCUT2D eigenvalue weighted by molar-refractivity contribution is -0.153. The van der Waals surface area contributed by atoms with Crippen LogP contribution in [0.25, 0.3) is 0 Å². The van der Waals surface area contributed by atoms with E-state index in [4.69, 9.17) is 10.5 Å². The average Bonchev–Trinajstić information content (AvgIpc) is 2.27. The fraction of sp³-hybridized carbons (Fsp3) is 0.455. The largest absolute Gasteiger partial charge is 0.496 e. The molecule has 0 unspecified atom stereocenters. The van der Waals surface area contributed by atoms with E-state index < -0.39 is 24.7 Å². The maximum atomic E-state index is 12.3. The minimum Gasteiger partial charge on any atom is -0.496 e. The molecule has 3 N–H and O–H groups in total. The van der Waals surface area contributed by atoms with Crippen LogP contribution in [0, 0.1) is 0 Å². The van der Waals surface area contributed by atoms with Gasteiger partial charge in [0, 0.05) is 6.42 Å². The second-order valence-corrected chi connectivity index (χ2v) is 4.65. The number of ether oxygens (including phenoxy) is 1. The Labute approximate surface area is 123 Å². The van der Waals surface area contributed by atoms with Gasteiger partial charge in [-0.15, -0.1) is 12.4 Å². The molecule has 2 atom stereocenters. The lowest BCUT2D eigenvalue weighted by Gasteiger charge is -2.19. The third-order valence-electron chi connectivity index (χ3n) is 2.46. The van der Waals surface area contributed by atoms with Crippen LogP contribution in [0.1, 0.15) is 18.1 Å². The normalized spacial score (nSPS) is 14.5. The topological polar surface area (TPSA) is 55.5 Å². The Morgan fingerprint density at radius 1 is 1.42 bits per heavy atom. The van der Waals surface area contributed by atoms with E-state index in [0.717, 1.165) is 0 Å². The first-order chi connectivity index (χ1) is 8.25. The van der Waals surface area contributed by atoms with Crippen molar-refractivity contribution in [1.82, 2.24) is 0 Å². The minimum atomic E-state index is -4.51. The van der Waals surface area contributed by atoms with Crippen molar-refractivity contribution in [2.75, 3.05) is 7.11 Å². The van der Waals surface area contributed by atoms with Crippen molar-refractivity contribution in [1.29, 1.82) is 0 Å². The fourth-order valence-corrected chi connectivity index (χ4v) is 1.96. The molecule has 0 heterocycles. The highest BCUT2D eigenvalue weighted by molar-refractivity contribution is 9.10. The summed E-state index contributed by atoms with van der Waals surface area (Å²) in [7, 11) is 1.47. The van der Waals surface area contributed by atoms with E-state index >= 15 is 0 Å². The lowest BCUT2D eigenvalue weighted by Crippen LogP contribution is -2.38. The molecule has 0 amide bonds. The molecule has 0 saturated heterocycles. The van der Waals surface area contributed by atoms with Gasteiger partial charge in [0.05, 0.1) is 17.7 Å². The van der Waals surface area contributed by atoms with Gasteiger partial charge in [-0.3, -0.25) is 0 Å². The van der Waals surface area contributed by atoms with Crippen molar-refractivity contribution in [3.8, 4) is 5.75 Å². The highest BCUT2D eigenvalue weighted by Crippen LogP contribution is 2.31. The van der Waals surface area contributed by atoms with Crippen LogP contribution in [0.15, 0.2) is 22.7 Å². The number of aliphatic hydroxyl groups excluding tert-OH is 1. The second kappa shape index (κ2) is 7.33. The predicted molar refractivity (Wildman–Crippen MR) is 71.5 cm³/mol. The third-order valence-corrected chi connectivity index (χ3v) is 3.08. The van der Waals surface area contributed by atoms with Crippen molar-refractivity contribution in [2.45, 2.75) is 24.7 Å². The summed E-state index contributed by atoms with van der Waals surface area (Å²) in [6.07, 6.45) is -6.36. The number of halogens is 5. The Morgan fingerprint density at radius 3 is 2.42 bits per heavy atom. The number of benzene rings is 1. The minimum absolute atomic E-state index is 0. The quantitative estimate of drug-likeness (QED) is 0.863. The van der Waals surface area contributed by atoms with Crippen molar-refractivity contribution in [3.63, 3.8) is 0 Å². The highest BCUT2D eigenvalue weighted by Gasteiger charge is 2.37.